The van der Waals surface area contributed by atoms with Gasteiger partial charge in [0, 0.05) is 18.9 Å². The molecule has 0 spiro atoms. The van der Waals surface area contributed by atoms with E-state index in [-0.39, 0.29) is 5.82 Å². The highest BCUT2D eigenvalue weighted by atomic mass is 19.1. The number of hydrogen-bond acceptors (Lipinski definition) is 4. The number of nitrogens with zero attached hydrogens (tertiary/aromatic N) is 3. The maximum Gasteiger partial charge on any atom is 0.144 e. The Labute approximate surface area is 105 Å². The molecule has 1 aromatic heterocycles. The third-order valence-electron chi connectivity index (χ3n) is 2.58. The molecule has 2 rings (SSSR count). The first kappa shape index (κ1) is 12.4. The number of anilines is 2. The van der Waals surface area contributed by atoms with Crippen LogP contribution in [-0.2, 0) is 6.54 Å². The molecule has 1 N–H and O–H groups in total. The van der Waals surface area contributed by atoms with Crippen molar-refractivity contribution in [1.82, 2.24) is 15.3 Å². The number of halogens is 1. The fraction of sp³-hybridized carbons (Fsp3) is 0.231. The van der Waals surface area contributed by atoms with E-state index in [0.29, 0.717) is 6.54 Å². The van der Waals surface area contributed by atoms with Crippen LogP contribution in [0, 0.1) is 5.82 Å². The molecule has 0 saturated heterocycles. The fourth-order valence-electron chi connectivity index (χ4n) is 1.62. The molecule has 0 radical (unpaired) electrons. The van der Waals surface area contributed by atoms with Crippen LogP contribution < -0.4 is 10.2 Å². The van der Waals surface area contributed by atoms with E-state index in [2.05, 4.69) is 15.3 Å². The van der Waals surface area contributed by atoms with Crippen LogP contribution in [0.3, 0.4) is 0 Å². The topological polar surface area (TPSA) is 41.1 Å². The molecule has 5 heteroatoms. The van der Waals surface area contributed by atoms with Gasteiger partial charge in [0.25, 0.3) is 0 Å². The first-order valence-electron chi connectivity index (χ1n) is 5.66. The van der Waals surface area contributed by atoms with Gasteiger partial charge in [-0.1, -0.05) is 0 Å². The Hall–Kier alpha value is -2.01. The SMILES string of the molecule is CNCc1nccc(N(C)c2ccc(F)cc2)n1. The Morgan fingerprint density at radius 2 is 1.94 bits per heavy atom. The first-order chi connectivity index (χ1) is 8.70. The number of benzene rings is 1. The van der Waals surface area contributed by atoms with Gasteiger partial charge in [-0.05, 0) is 37.4 Å². The minimum absolute atomic E-state index is 0.245. The highest BCUT2D eigenvalue weighted by molar-refractivity contribution is 5.58. The lowest BCUT2D eigenvalue weighted by Crippen LogP contribution is -2.15. The molecule has 1 aromatic carbocycles. The van der Waals surface area contributed by atoms with Gasteiger partial charge < -0.3 is 10.2 Å². The Balaban J connectivity index is 2.24. The lowest BCUT2D eigenvalue weighted by atomic mass is 10.3. The van der Waals surface area contributed by atoms with Gasteiger partial charge in [0.05, 0.1) is 6.54 Å². The van der Waals surface area contributed by atoms with Gasteiger partial charge in [-0.25, -0.2) is 14.4 Å². The molecule has 2 aromatic rings. The molecule has 0 aliphatic carbocycles. The van der Waals surface area contributed by atoms with Crippen molar-refractivity contribution in [3.63, 3.8) is 0 Å². The Kier molecular flexibility index (Phi) is 3.84. The molecule has 0 atom stereocenters. The van der Waals surface area contributed by atoms with E-state index in [1.54, 1.807) is 18.3 Å². The minimum atomic E-state index is -0.245. The number of hydrogen-bond donors (Lipinski definition) is 1. The highest BCUT2D eigenvalue weighted by Gasteiger charge is 2.06. The smallest absolute Gasteiger partial charge is 0.144 e. The van der Waals surface area contributed by atoms with E-state index in [1.807, 2.05) is 25.1 Å². The third kappa shape index (κ3) is 2.81. The van der Waals surface area contributed by atoms with Crippen molar-refractivity contribution in [1.29, 1.82) is 0 Å². The zero-order chi connectivity index (χ0) is 13.0. The van der Waals surface area contributed by atoms with Crippen molar-refractivity contribution < 1.29 is 4.39 Å². The summed E-state index contributed by atoms with van der Waals surface area (Å²) in [7, 11) is 3.73. The van der Waals surface area contributed by atoms with E-state index in [9.17, 15) is 4.39 Å². The van der Waals surface area contributed by atoms with Crippen LogP contribution in [0.2, 0.25) is 0 Å². The predicted octanol–water partition coefficient (Wildman–Crippen LogP) is 2.10. The first-order valence-corrected chi connectivity index (χ1v) is 5.66. The van der Waals surface area contributed by atoms with Gasteiger partial charge in [0.1, 0.15) is 17.5 Å². The standard InChI is InChI=1S/C13H15FN4/c1-15-9-12-16-8-7-13(17-12)18(2)11-5-3-10(14)4-6-11/h3-8,15H,9H2,1-2H3. The molecule has 1 heterocycles. The van der Waals surface area contributed by atoms with Crippen LogP contribution in [0.5, 0.6) is 0 Å². The van der Waals surface area contributed by atoms with Crippen LogP contribution in [0.4, 0.5) is 15.9 Å². The van der Waals surface area contributed by atoms with Crippen LogP contribution in [-0.4, -0.2) is 24.1 Å². The van der Waals surface area contributed by atoms with Gasteiger partial charge in [-0.3, -0.25) is 0 Å². The van der Waals surface area contributed by atoms with Crippen molar-refractivity contribution >= 4 is 11.5 Å². The zero-order valence-electron chi connectivity index (χ0n) is 10.4. The predicted molar refractivity (Wildman–Crippen MR) is 69.3 cm³/mol. The third-order valence-corrected chi connectivity index (χ3v) is 2.58. The molecule has 94 valence electrons. The molecule has 0 aliphatic rings. The van der Waals surface area contributed by atoms with Gasteiger partial charge in [0.2, 0.25) is 0 Å². The Morgan fingerprint density at radius 3 is 2.61 bits per heavy atom. The molecule has 0 bridgehead atoms. The van der Waals surface area contributed by atoms with Crippen molar-refractivity contribution in [2.75, 3.05) is 19.0 Å². The number of aromatic nitrogens is 2. The molecule has 4 nitrogen and oxygen atoms in total. The highest BCUT2D eigenvalue weighted by Crippen LogP contribution is 2.21. The normalized spacial score (nSPS) is 10.4. The maximum atomic E-state index is 12.9. The Morgan fingerprint density at radius 1 is 1.22 bits per heavy atom. The number of nitrogens with one attached hydrogen (secondary N) is 1. The summed E-state index contributed by atoms with van der Waals surface area (Å²) in [6, 6.07) is 8.12. The average Bonchev–Trinajstić information content (AvgIpc) is 2.39. The second-order valence-electron chi connectivity index (χ2n) is 3.90. The lowest BCUT2D eigenvalue weighted by molar-refractivity contribution is 0.628. The van der Waals surface area contributed by atoms with Crippen molar-refractivity contribution in [3.8, 4) is 0 Å². The summed E-state index contributed by atoms with van der Waals surface area (Å²) in [4.78, 5) is 10.5. The monoisotopic (exact) mass is 246 g/mol. The van der Waals surface area contributed by atoms with Gasteiger partial charge >= 0.3 is 0 Å². The van der Waals surface area contributed by atoms with Crippen molar-refractivity contribution in [2.24, 2.45) is 0 Å². The second kappa shape index (κ2) is 5.55. The summed E-state index contributed by atoms with van der Waals surface area (Å²) >= 11 is 0. The summed E-state index contributed by atoms with van der Waals surface area (Å²) in [6.45, 7) is 0.616. The molecular weight excluding hydrogens is 231 g/mol. The van der Waals surface area contributed by atoms with Gasteiger partial charge in [-0.2, -0.15) is 0 Å². The van der Waals surface area contributed by atoms with Crippen LogP contribution in [0.15, 0.2) is 36.5 Å². The summed E-state index contributed by atoms with van der Waals surface area (Å²) < 4.78 is 12.9. The van der Waals surface area contributed by atoms with Crippen LogP contribution in [0.1, 0.15) is 5.82 Å². The molecule has 0 saturated carbocycles. The van der Waals surface area contributed by atoms with Crippen LogP contribution in [0.25, 0.3) is 0 Å². The summed E-state index contributed by atoms with van der Waals surface area (Å²) in [5.41, 5.74) is 0.880. The lowest BCUT2D eigenvalue weighted by Gasteiger charge is -2.18. The molecule has 0 fully saturated rings. The van der Waals surface area contributed by atoms with E-state index in [1.165, 1.54) is 12.1 Å². The molecule has 0 amide bonds. The summed E-state index contributed by atoms with van der Waals surface area (Å²) in [6.07, 6.45) is 1.72. The molecular formula is C13H15FN4. The van der Waals surface area contributed by atoms with E-state index >= 15 is 0 Å². The van der Waals surface area contributed by atoms with E-state index in [0.717, 1.165) is 17.3 Å². The second-order valence-corrected chi connectivity index (χ2v) is 3.90. The molecule has 0 unspecified atom stereocenters. The average molecular weight is 246 g/mol. The van der Waals surface area contributed by atoms with Gasteiger partial charge in [-0.15, -0.1) is 0 Å². The van der Waals surface area contributed by atoms with E-state index < -0.39 is 0 Å². The zero-order valence-corrected chi connectivity index (χ0v) is 10.4. The summed E-state index contributed by atoms with van der Waals surface area (Å²) in [5, 5.41) is 3.00. The minimum Gasteiger partial charge on any atom is -0.329 e. The number of rotatable bonds is 4. The quantitative estimate of drug-likeness (QED) is 0.897. The molecule has 0 aliphatic heterocycles. The summed E-state index contributed by atoms with van der Waals surface area (Å²) in [5.74, 6) is 1.26. The van der Waals surface area contributed by atoms with E-state index in [4.69, 9.17) is 0 Å². The maximum absolute atomic E-state index is 12.9. The van der Waals surface area contributed by atoms with Crippen LogP contribution >= 0.6 is 0 Å². The molecule has 18 heavy (non-hydrogen) atoms. The Bertz CT molecular complexity index is 513. The van der Waals surface area contributed by atoms with Crippen molar-refractivity contribution in [2.45, 2.75) is 6.54 Å². The van der Waals surface area contributed by atoms with Gasteiger partial charge in [0.15, 0.2) is 0 Å². The fourth-order valence-corrected chi connectivity index (χ4v) is 1.62. The van der Waals surface area contributed by atoms with Crippen molar-refractivity contribution in [3.05, 3.63) is 48.2 Å². The largest absolute Gasteiger partial charge is 0.329 e.